The third-order valence-corrected chi connectivity index (χ3v) is 4.47. The summed E-state index contributed by atoms with van der Waals surface area (Å²) in [4.78, 5) is 7.83. The standard InChI is InChI=1S/C13H17N3S/c14-11-3-1-9(2-4-11)12-8-17-13(16-12)10-5-6-15-7-10/h5-9,11,15H,1-4,14H2. The summed E-state index contributed by atoms with van der Waals surface area (Å²) < 4.78 is 0. The molecule has 0 aliphatic heterocycles. The number of aromatic nitrogens is 2. The Labute approximate surface area is 105 Å². The molecular weight excluding hydrogens is 230 g/mol. The fourth-order valence-electron chi connectivity index (χ4n) is 2.48. The Morgan fingerprint density at radius 3 is 2.82 bits per heavy atom. The molecule has 2 heterocycles. The zero-order chi connectivity index (χ0) is 11.7. The summed E-state index contributed by atoms with van der Waals surface area (Å²) >= 11 is 1.74. The van der Waals surface area contributed by atoms with Gasteiger partial charge in [-0.15, -0.1) is 11.3 Å². The van der Waals surface area contributed by atoms with E-state index in [9.17, 15) is 0 Å². The predicted molar refractivity (Wildman–Crippen MR) is 71.1 cm³/mol. The second-order valence-electron chi connectivity index (χ2n) is 4.79. The number of H-pyrrole nitrogens is 1. The van der Waals surface area contributed by atoms with E-state index in [1.807, 2.05) is 12.4 Å². The first-order valence-electron chi connectivity index (χ1n) is 6.17. The molecule has 1 aliphatic carbocycles. The number of hydrogen-bond donors (Lipinski definition) is 2. The summed E-state index contributed by atoms with van der Waals surface area (Å²) in [5.74, 6) is 0.624. The van der Waals surface area contributed by atoms with Crippen molar-refractivity contribution in [3.63, 3.8) is 0 Å². The summed E-state index contributed by atoms with van der Waals surface area (Å²) in [6.45, 7) is 0. The molecular formula is C13H17N3S. The molecule has 1 fully saturated rings. The summed E-state index contributed by atoms with van der Waals surface area (Å²) in [5, 5.41) is 3.33. The van der Waals surface area contributed by atoms with Crippen molar-refractivity contribution in [3.05, 3.63) is 29.5 Å². The van der Waals surface area contributed by atoms with Crippen molar-refractivity contribution in [3.8, 4) is 10.6 Å². The van der Waals surface area contributed by atoms with E-state index < -0.39 is 0 Å². The molecule has 17 heavy (non-hydrogen) atoms. The lowest BCUT2D eigenvalue weighted by atomic mass is 9.85. The van der Waals surface area contributed by atoms with Crippen molar-refractivity contribution < 1.29 is 0 Å². The van der Waals surface area contributed by atoms with Crippen LogP contribution in [-0.2, 0) is 0 Å². The van der Waals surface area contributed by atoms with Crippen molar-refractivity contribution in [2.45, 2.75) is 37.6 Å². The lowest BCUT2D eigenvalue weighted by molar-refractivity contribution is 0.391. The van der Waals surface area contributed by atoms with Crippen LogP contribution in [0.15, 0.2) is 23.8 Å². The molecule has 0 aromatic carbocycles. The van der Waals surface area contributed by atoms with Gasteiger partial charge < -0.3 is 10.7 Å². The molecule has 90 valence electrons. The Morgan fingerprint density at radius 2 is 2.12 bits per heavy atom. The smallest absolute Gasteiger partial charge is 0.125 e. The molecule has 0 amide bonds. The Hall–Kier alpha value is -1.13. The summed E-state index contributed by atoms with van der Waals surface area (Å²) in [7, 11) is 0. The van der Waals surface area contributed by atoms with Gasteiger partial charge in [0.15, 0.2) is 0 Å². The highest BCUT2D eigenvalue weighted by atomic mass is 32.1. The minimum atomic E-state index is 0.411. The molecule has 3 N–H and O–H groups in total. The van der Waals surface area contributed by atoms with Gasteiger partial charge in [-0.1, -0.05) is 0 Å². The minimum Gasteiger partial charge on any atom is -0.367 e. The quantitative estimate of drug-likeness (QED) is 0.856. The highest BCUT2D eigenvalue weighted by molar-refractivity contribution is 7.13. The highest BCUT2D eigenvalue weighted by Gasteiger charge is 2.22. The fraction of sp³-hybridized carbons (Fsp3) is 0.462. The number of aromatic amines is 1. The third kappa shape index (κ3) is 2.28. The molecule has 0 spiro atoms. The van der Waals surface area contributed by atoms with Crippen molar-refractivity contribution in [2.75, 3.05) is 0 Å². The largest absolute Gasteiger partial charge is 0.367 e. The van der Waals surface area contributed by atoms with E-state index in [0.29, 0.717) is 12.0 Å². The molecule has 4 heteroatoms. The Balaban J connectivity index is 1.76. The number of rotatable bonds is 2. The van der Waals surface area contributed by atoms with Crippen LogP contribution in [0.3, 0.4) is 0 Å². The minimum absolute atomic E-state index is 0.411. The van der Waals surface area contributed by atoms with Crippen molar-refractivity contribution in [2.24, 2.45) is 5.73 Å². The topological polar surface area (TPSA) is 54.7 Å². The van der Waals surface area contributed by atoms with E-state index in [1.54, 1.807) is 11.3 Å². The zero-order valence-corrected chi connectivity index (χ0v) is 10.5. The summed E-state index contributed by atoms with van der Waals surface area (Å²) in [5.41, 5.74) is 8.39. The van der Waals surface area contributed by atoms with Crippen LogP contribution in [0.5, 0.6) is 0 Å². The first-order chi connectivity index (χ1) is 8.33. The SMILES string of the molecule is NC1CCC(c2csc(-c3cc[nH]c3)n2)CC1. The van der Waals surface area contributed by atoms with Gasteiger partial charge in [0.25, 0.3) is 0 Å². The average Bonchev–Trinajstić information content (AvgIpc) is 3.00. The second-order valence-corrected chi connectivity index (χ2v) is 5.65. The Kier molecular flexibility index (Phi) is 2.99. The first-order valence-corrected chi connectivity index (χ1v) is 7.05. The molecule has 3 rings (SSSR count). The maximum atomic E-state index is 5.94. The van der Waals surface area contributed by atoms with E-state index in [1.165, 1.54) is 24.1 Å². The monoisotopic (exact) mass is 247 g/mol. The van der Waals surface area contributed by atoms with Gasteiger partial charge in [-0.2, -0.15) is 0 Å². The van der Waals surface area contributed by atoms with Gasteiger partial charge in [0.1, 0.15) is 5.01 Å². The van der Waals surface area contributed by atoms with Crippen LogP contribution in [0.25, 0.3) is 10.6 Å². The lowest BCUT2D eigenvalue weighted by Gasteiger charge is -2.24. The summed E-state index contributed by atoms with van der Waals surface area (Å²) in [6.07, 6.45) is 8.60. The van der Waals surface area contributed by atoms with E-state index in [0.717, 1.165) is 17.8 Å². The van der Waals surface area contributed by atoms with Crippen LogP contribution >= 0.6 is 11.3 Å². The van der Waals surface area contributed by atoms with Crippen LogP contribution in [0.1, 0.15) is 37.3 Å². The molecule has 3 nitrogen and oxygen atoms in total. The molecule has 1 saturated carbocycles. The normalized spacial score (nSPS) is 25.0. The molecule has 0 atom stereocenters. The first kappa shape index (κ1) is 11.0. The van der Waals surface area contributed by atoms with Gasteiger partial charge in [-0.25, -0.2) is 4.98 Å². The molecule has 0 bridgehead atoms. The molecule has 2 aromatic heterocycles. The highest BCUT2D eigenvalue weighted by Crippen LogP contribution is 2.34. The molecule has 1 aliphatic rings. The van der Waals surface area contributed by atoms with E-state index in [-0.39, 0.29) is 0 Å². The molecule has 2 aromatic rings. The van der Waals surface area contributed by atoms with Gasteiger partial charge in [0.2, 0.25) is 0 Å². The zero-order valence-electron chi connectivity index (χ0n) is 9.73. The number of nitrogens with one attached hydrogen (secondary N) is 1. The van der Waals surface area contributed by atoms with Crippen LogP contribution in [0, 0.1) is 0 Å². The predicted octanol–water partition coefficient (Wildman–Crippen LogP) is 3.12. The molecule has 0 radical (unpaired) electrons. The van der Waals surface area contributed by atoms with Crippen LogP contribution < -0.4 is 5.73 Å². The van der Waals surface area contributed by atoms with E-state index >= 15 is 0 Å². The van der Waals surface area contributed by atoms with E-state index in [4.69, 9.17) is 10.7 Å². The van der Waals surface area contributed by atoms with Crippen molar-refractivity contribution >= 4 is 11.3 Å². The van der Waals surface area contributed by atoms with Crippen molar-refractivity contribution in [1.82, 2.24) is 9.97 Å². The van der Waals surface area contributed by atoms with Gasteiger partial charge in [-0.05, 0) is 31.7 Å². The van der Waals surface area contributed by atoms with Gasteiger partial charge >= 0.3 is 0 Å². The van der Waals surface area contributed by atoms with Gasteiger partial charge in [0, 0.05) is 35.3 Å². The maximum Gasteiger partial charge on any atom is 0.125 e. The summed E-state index contributed by atoms with van der Waals surface area (Å²) in [6, 6.07) is 2.48. The number of hydrogen-bond acceptors (Lipinski definition) is 3. The third-order valence-electron chi connectivity index (χ3n) is 3.56. The Bertz CT molecular complexity index is 467. The van der Waals surface area contributed by atoms with Crippen molar-refractivity contribution in [1.29, 1.82) is 0 Å². The molecule has 0 unspecified atom stereocenters. The van der Waals surface area contributed by atoms with Crippen LogP contribution in [-0.4, -0.2) is 16.0 Å². The van der Waals surface area contributed by atoms with Crippen LogP contribution in [0.2, 0.25) is 0 Å². The lowest BCUT2D eigenvalue weighted by Crippen LogP contribution is -2.25. The van der Waals surface area contributed by atoms with Gasteiger partial charge in [0.05, 0.1) is 5.69 Å². The molecule has 0 saturated heterocycles. The van der Waals surface area contributed by atoms with Crippen LogP contribution in [0.4, 0.5) is 0 Å². The average molecular weight is 247 g/mol. The maximum absolute atomic E-state index is 5.94. The fourth-order valence-corrected chi connectivity index (χ4v) is 3.38. The number of thiazole rings is 1. The van der Waals surface area contributed by atoms with E-state index in [2.05, 4.69) is 16.4 Å². The second kappa shape index (κ2) is 4.63. The number of nitrogens with two attached hydrogens (primary N) is 1. The Morgan fingerprint density at radius 1 is 1.29 bits per heavy atom. The number of nitrogens with zero attached hydrogens (tertiary/aromatic N) is 1. The van der Waals surface area contributed by atoms with Gasteiger partial charge in [-0.3, -0.25) is 0 Å².